The molecule has 11 heteroatoms. The monoisotopic (exact) mass is 362 g/mol. The maximum Gasteiger partial charge on any atom is 0.267 e. The van der Waals surface area contributed by atoms with Gasteiger partial charge in [0.15, 0.2) is 0 Å². The van der Waals surface area contributed by atoms with Crippen molar-refractivity contribution in [3.05, 3.63) is 52.8 Å². The zero-order valence-corrected chi connectivity index (χ0v) is 13.7. The maximum absolute atomic E-state index is 12.5. The van der Waals surface area contributed by atoms with Crippen molar-refractivity contribution in [1.82, 2.24) is 24.1 Å². The molecule has 0 aliphatic heterocycles. The van der Waals surface area contributed by atoms with E-state index in [9.17, 15) is 13.2 Å². The van der Waals surface area contributed by atoms with E-state index in [1.165, 1.54) is 21.6 Å². The highest BCUT2D eigenvalue weighted by Gasteiger charge is 2.18. The molecule has 0 fully saturated rings. The number of imidazole rings is 1. The Morgan fingerprint density at radius 3 is 2.79 bits per heavy atom. The molecule has 0 atom stereocenters. The lowest BCUT2D eigenvalue weighted by Crippen LogP contribution is -2.22. The highest BCUT2D eigenvalue weighted by Crippen LogP contribution is 2.19. The van der Waals surface area contributed by atoms with Crippen molar-refractivity contribution in [2.24, 2.45) is 5.14 Å². The van der Waals surface area contributed by atoms with Crippen molar-refractivity contribution >= 4 is 37.2 Å². The Bertz CT molecular complexity index is 1240. The molecule has 0 aliphatic rings. The van der Waals surface area contributed by atoms with E-state index in [1.54, 1.807) is 18.2 Å². The van der Waals surface area contributed by atoms with Crippen LogP contribution in [0, 0.1) is 0 Å². The number of fused-ring (bicyclic) bond motifs is 2. The predicted molar refractivity (Wildman–Crippen MR) is 87.3 cm³/mol. The SMILES string of the molecule is NS(=O)(=O)c1nn2c(Cn3cnc4ccccc4c3=O)cnc2s1. The van der Waals surface area contributed by atoms with Crippen molar-refractivity contribution in [2.75, 3.05) is 0 Å². The number of sulfonamides is 1. The van der Waals surface area contributed by atoms with Crippen LogP contribution in [0.25, 0.3) is 15.9 Å². The molecule has 0 unspecified atom stereocenters. The van der Waals surface area contributed by atoms with E-state index in [1.807, 2.05) is 6.07 Å². The minimum Gasteiger partial charge on any atom is -0.293 e. The highest BCUT2D eigenvalue weighted by molar-refractivity contribution is 7.91. The molecule has 4 aromatic rings. The first-order valence-corrected chi connectivity index (χ1v) is 9.10. The zero-order valence-electron chi connectivity index (χ0n) is 12.0. The Morgan fingerprint density at radius 2 is 2.00 bits per heavy atom. The van der Waals surface area contributed by atoms with Gasteiger partial charge in [0.25, 0.3) is 15.6 Å². The van der Waals surface area contributed by atoms with Crippen LogP contribution in [-0.4, -0.2) is 32.6 Å². The molecule has 122 valence electrons. The second-order valence-electron chi connectivity index (χ2n) is 5.05. The van der Waals surface area contributed by atoms with Crippen molar-refractivity contribution < 1.29 is 8.42 Å². The fourth-order valence-electron chi connectivity index (χ4n) is 2.33. The zero-order chi connectivity index (χ0) is 16.9. The van der Waals surface area contributed by atoms with Gasteiger partial charge in [-0.2, -0.15) is 0 Å². The second kappa shape index (κ2) is 5.19. The average molecular weight is 362 g/mol. The number of primary sulfonamides is 1. The quantitative estimate of drug-likeness (QED) is 0.555. The molecule has 0 saturated carbocycles. The molecule has 0 radical (unpaired) electrons. The summed E-state index contributed by atoms with van der Waals surface area (Å²) < 4.78 is 25.3. The molecule has 3 aromatic heterocycles. The van der Waals surface area contributed by atoms with Gasteiger partial charge in [0.05, 0.1) is 35.7 Å². The standard InChI is InChI=1S/C13H10N6O3S2/c14-24(21,22)13-17-19-8(5-15-12(19)23-13)6-18-7-16-10-4-2-1-3-9(10)11(18)20/h1-5,7H,6H2,(H2,14,21,22). The fourth-order valence-corrected chi connectivity index (χ4v) is 3.85. The van der Waals surface area contributed by atoms with E-state index in [4.69, 9.17) is 5.14 Å². The van der Waals surface area contributed by atoms with Gasteiger partial charge in [0, 0.05) is 0 Å². The van der Waals surface area contributed by atoms with Crippen LogP contribution in [0.15, 0.2) is 45.9 Å². The first kappa shape index (κ1) is 14.9. The van der Waals surface area contributed by atoms with Gasteiger partial charge in [-0.05, 0) is 12.1 Å². The normalized spacial score (nSPS) is 12.2. The summed E-state index contributed by atoms with van der Waals surface area (Å²) in [6.07, 6.45) is 2.98. The van der Waals surface area contributed by atoms with Crippen LogP contribution in [0.1, 0.15) is 5.69 Å². The number of hydrogen-bond acceptors (Lipinski definition) is 7. The molecule has 0 amide bonds. The van der Waals surface area contributed by atoms with Crippen LogP contribution in [0.3, 0.4) is 0 Å². The van der Waals surface area contributed by atoms with Crippen LogP contribution in [-0.2, 0) is 16.6 Å². The molecule has 0 spiro atoms. The van der Waals surface area contributed by atoms with Crippen molar-refractivity contribution in [1.29, 1.82) is 0 Å². The molecule has 2 N–H and O–H groups in total. The van der Waals surface area contributed by atoms with E-state index in [-0.39, 0.29) is 16.4 Å². The Morgan fingerprint density at radius 1 is 1.21 bits per heavy atom. The third-order valence-electron chi connectivity index (χ3n) is 3.44. The number of nitrogens with zero attached hydrogens (tertiary/aromatic N) is 5. The van der Waals surface area contributed by atoms with Crippen LogP contribution >= 0.6 is 11.3 Å². The molecule has 9 nitrogen and oxygen atoms in total. The average Bonchev–Trinajstić information content (AvgIpc) is 3.12. The summed E-state index contributed by atoms with van der Waals surface area (Å²) in [6.45, 7) is 0.158. The summed E-state index contributed by atoms with van der Waals surface area (Å²) in [5, 5.41) is 9.54. The van der Waals surface area contributed by atoms with Gasteiger partial charge in [0.2, 0.25) is 9.30 Å². The first-order valence-electron chi connectivity index (χ1n) is 6.74. The summed E-state index contributed by atoms with van der Waals surface area (Å²) in [5.74, 6) is 0. The molecular formula is C13H10N6O3S2. The lowest BCUT2D eigenvalue weighted by Gasteiger charge is -2.05. The lowest BCUT2D eigenvalue weighted by atomic mass is 10.2. The number of nitrogens with two attached hydrogens (primary N) is 1. The van der Waals surface area contributed by atoms with Crippen molar-refractivity contribution in [3.8, 4) is 0 Å². The number of para-hydroxylation sites is 1. The van der Waals surface area contributed by atoms with E-state index >= 15 is 0 Å². The van der Waals surface area contributed by atoms with E-state index in [0.717, 1.165) is 11.3 Å². The summed E-state index contributed by atoms with van der Waals surface area (Å²) in [7, 11) is -3.90. The van der Waals surface area contributed by atoms with Crippen LogP contribution < -0.4 is 10.7 Å². The molecule has 3 heterocycles. The maximum atomic E-state index is 12.5. The third kappa shape index (κ3) is 2.38. The minimum atomic E-state index is -3.90. The van der Waals surface area contributed by atoms with E-state index < -0.39 is 10.0 Å². The van der Waals surface area contributed by atoms with Crippen LogP contribution in [0.5, 0.6) is 0 Å². The number of benzene rings is 1. The number of rotatable bonds is 3. The summed E-state index contributed by atoms with van der Waals surface area (Å²) in [6, 6.07) is 7.04. The Balaban J connectivity index is 1.81. The lowest BCUT2D eigenvalue weighted by molar-refractivity contribution is 0.594. The van der Waals surface area contributed by atoms with Crippen molar-refractivity contribution in [3.63, 3.8) is 0 Å². The summed E-state index contributed by atoms with van der Waals surface area (Å²) in [4.78, 5) is 21.3. The minimum absolute atomic E-state index is 0.158. The molecule has 0 aliphatic carbocycles. The number of hydrogen-bond donors (Lipinski definition) is 1. The molecule has 1 aromatic carbocycles. The van der Waals surface area contributed by atoms with Gasteiger partial charge in [-0.25, -0.2) is 28.0 Å². The first-order chi connectivity index (χ1) is 11.4. The smallest absolute Gasteiger partial charge is 0.267 e. The van der Waals surface area contributed by atoms with Gasteiger partial charge in [-0.3, -0.25) is 9.36 Å². The van der Waals surface area contributed by atoms with Crippen molar-refractivity contribution in [2.45, 2.75) is 10.9 Å². The highest BCUT2D eigenvalue weighted by atomic mass is 32.2. The van der Waals surface area contributed by atoms with Gasteiger partial charge in [-0.1, -0.05) is 23.5 Å². The fraction of sp³-hybridized carbons (Fsp3) is 0.0769. The molecule has 0 saturated heterocycles. The second-order valence-corrected chi connectivity index (χ2v) is 7.74. The molecule has 24 heavy (non-hydrogen) atoms. The molecule has 4 rings (SSSR count). The Labute approximate surface area is 139 Å². The molecular weight excluding hydrogens is 352 g/mol. The number of aromatic nitrogens is 5. The van der Waals surface area contributed by atoms with Gasteiger partial charge in [-0.15, -0.1) is 5.10 Å². The predicted octanol–water partition coefficient (Wildman–Crippen LogP) is 0.196. The third-order valence-corrected chi connectivity index (χ3v) is 5.68. The molecule has 0 bridgehead atoms. The Hall–Kier alpha value is -2.63. The van der Waals surface area contributed by atoms with Gasteiger partial charge >= 0.3 is 0 Å². The summed E-state index contributed by atoms with van der Waals surface area (Å²) >= 11 is 0.867. The largest absolute Gasteiger partial charge is 0.293 e. The van der Waals surface area contributed by atoms with Crippen LogP contribution in [0.2, 0.25) is 0 Å². The Kier molecular flexibility index (Phi) is 3.23. The van der Waals surface area contributed by atoms with E-state index in [0.29, 0.717) is 21.6 Å². The van der Waals surface area contributed by atoms with Gasteiger partial charge in [0.1, 0.15) is 0 Å². The summed E-state index contributed by atoms with van der Waals surface area (Å²) in [5.41, 5.74) is 0.968. The topological polar surface area (TPSA) is 125 Å². The van der Waals surface area contributed by atoms with Crippen LogP contribution in [0.4, 0.5) is 0 Å². The van der Waals surface area contributed by atoms with E-state index in [2.05, 4.69) is 15.1 Å². The van der Waals surface area contributed by atoms with Gasteiger partial charge < -0.3 is 0 Å².